The van der Waals surface area contributed by atoms with Crippen molar-refractivity contribution in [2.24, 2.45) is 0 Å². The summed E-state index contributed by atoms with van der Waals surface area (Å²) in [7, 11) is 0.747. The van der Waals surface area contributed by atoms with Gasteiger partial charge in [-0.2, -0.15) is 0 Å². The van der Waals surface area contributed by atoms with Gasteiger partial charge in [-0.05, 0) is 35.4 Å². The summed E-state index contributed by atoms with van der Waals surface area (Å²) < 4.78 is 7.70. The van der Waals surface area contributed by atoms with Crippen LogP contribution in [0.4, 0.5) is 0 Å². The first-order chi connectivity index (χ1) is 12.1. The van der Waals surface area contributed by atoms with Crippen LogP contribution < -0.4 is 4.65 Å². The fourth-order valence-corrected chi connectivity index (χ4v) is 4.27. The maximum atomic E-state index is 9.12. The van der Waals surface area contributed by atoms with E-state index >= 15 is 0 Å². The molecule has 0 saturated carbocycles. The van der Waals surface area contributed by atoms with E-state index in [1.165, 1.54) is 33.2 Å². The highest BCUT2D eigenvalue weighted by Gasteiger charge is 2.35. The molecule has 3 nitrogen and oxygen atoms in total. The molecule has 0 saturated heterocycles. The highest BCUT2D eigenvalue weighted by atomic mass is 16.5. The van der Waals surface area contributed by atoms with Gasteiger partial charge in [0.2, 0.25) is 0 Å². The van der Waals surface area contributed by atoms with Crippen LogP contribution in [0.15, 0.2) is 60.7 Å². The Bertz CT molecular complexity index is 1140. The Labute approximate surface area is 146 Å². The van der Waals surface area contributed by atoms with Crippen molar-refractivity contribution in [2.75, 3.05) is 0 Å². The van der Waals surface area contributed by atoms with Gasteiger partial charge in [0.15, 0.2) is 0 Å². The Balaban J connectivity index is 2.06. The van der Waals surface area contributed by atoms with Gasteiger partial charge >= 0.3 is 7.69 Å². The summed E-state index contributed by atoms with van der Waals surface area (Å²) in [4.78, 5) is 0. The zero-order valence-electron chi connectivity index (χ0n) is 14.2. The summed E-state index contributed by atoms with van der Waals surface area (Å²) >= 11 is 0. The Kier molecular flexibility index (Phi) is 2.86. The van der Waals surface area contributed by atoms with E-state index in [9.17, 15) is 0 Å². The van der Waals surface area contributed by atoms with E-state index in [0.29, 0.717) is 5.75 Å². The highest BCUT2D eigenvalue weighted by Crippen LogP contribution is 2.48. The minimum absolute atomic E-state index is 0.159. The lowest BCUT2D eigenvalue weighted by Crippen LogP contribution is -2.26. The van der Waals surface area contributed by atoms with E-state index < -0.39 is 0 Å². The lowest BCUT2D eigenvalue weighted by molar-refractivity contribution is 0.453. The SMILES string of the molecule is CC1(C)c2ccccc2-n2c3ccccc3c3cc(O[B]O)cc1c32. The van der Waals surface area contributed by atoms with Crippen LogP contribution in [-0.2, 0) is 5.41 Å². The van der Waals surface area contributed by atoms with Crippen LogP contribution in [0.1, 0.15) is 25.0 Å². The molecule has 0 unspecified atom stereocenters. The fourth-order valence-electron chi connectivity index (χ4n) is 4.27. The van der Waals surface area contributed by atoms with Crippen molar-refractivity contribution < 1.29 is 9.68 Å². The lowest BCUT2D eigenvalue weighted by Gasteiger charge is -2.34. The van der Waals surface area contributed by atoms with Crippen molar-refractivity contribution >= 4 is 29.5 Å². The van der Waals surface area contributed by atoms with E-state index in [1.54, 1.807) is 0 Å². The van der Waals surface area contributed by atoms with Crippen molar-refractivity contribution in [2.45, 2.75) is 19.3 Å². The second-order valence-corrected chi connectivity index (χ2v) is 7.08. The molecule has 3 aromatic carbocycles. The molecule has 1 radical (unpaired) electrons. The third kappa shape index (κ3) is 1.80. The summed E-state index contributed by atoms with van der Waals surface area (Å²) in [5.41, 5.74) is 5.97. The number of nitrogens with zero attached hydrogens (tertiary/aromatic N) is 1. The second kappa shape index (κ2) is 4.90. The standard InChI is InChI=1S/C21H17BNO2/c1-21(2)16-8-4-6-10-19(16)23-18-9-5-3-7-14(18)15-11-13(25-22-24)12-17(21)20(15)23/h3-12,24H,1-2H3. The topological polar surface area (TPSA) is 34.4 Å². The maximum Gasteiger partial charge on any atom is 0.569 e. The van der Waals surface area contributed by atoms with E-state index in [2.05, 4.69) is 66.9 Å². The fraction of sp³-hybridized carbons (Fsp3) is 0.143. The number of benzene rings is 3. The number of rotatable bonds is 2. The maximum absolute atomic E-state index is 9.12. The molecular formula is C21H17BNO2. The average molecular weight is 326 g/mol. The first-order valence-corrected chi connectivity index (χ1v) is 8.43. The van der Waals surface area contributed by atoms with E-state index in [-0.39, 0.29) is 5.41 Å². The molecule has 0 amide bonds. The molecule has 2 heterocycles. The molecule has 5 rings (SSSR count). The molecule has 1 aliphatic heterocycles. The average Bonchev–Trinajstić information content (AvgIpc) is 2.95. The minimum atomic E-state index is -0.159. The monoisotopic (exact) mass is 326 g/mol. The summed E-state index contributed by atoms with van der Waals surface area (Å²) in [6.07, 6.45) is 0. The van der Waals surface area contributed by atoms with Gasteiger partial charge in [0.25, 0.3) is 0 Å². The predicted molar refractivity (Wildman–Crippen MR) is 102 cm³/mol. The largest absolute Gasteiger partial charge is 0.569 e. The van der Waals surface area contributed by atoms with Crippen LogP contribution in [0, 0.1) is 0 Å². The predicted octanol–water partition coefficient (Wildman–Crippen LogP) is 4.33. The van der Waals surface area contributed by atoms with Crippen LogP contribution in [0.3, 0.4) is 0 Å². The molecule has 0 aliphatic carbocycles. The lowest BCUT2D eigenvalue weighted by atomic mass is 9.74. The van der Waals surface area contributed by atoms with E-state index in [1.807, 2.05) is 12.1 Å². The Morgan fingerprint density at radius 1 is 0.920 bits per heavy atom. The van der Waals surface area contributed by atoms with Gasteiger partial charge in [0.1, 0.15) is 5.75 Å². The molecule has 4 heteroatoms. The Morgan fingerprint density at radius 2 is 1.68 bits per heavy atom. The Morgan fingerprint density at radius 3 is 2.52 bits per heavy atom. The molecule has 0 bridgehead atoms. The van der Waals surface area contributed by atoms with Crippen LogP contribution in [0.5, 0.6) is 5.75 Å². The normalized spacial score (nSPS) is 14.5. The molecule has 1 aliphatic rings. The first kappa shape index (κ1) is 14.6. The van der Waals surface area contributed by atoms with Crippen LogP contribution in [0.2, 0.25) is 0 Å². The molecule has 1 N–H and O–H groups in total. The molecule has 121 valence electrons. The van der Waals surface area contributed by atoms with E-state index in [4.69, 9.17) is 9.68 Å². The second-order valence-electron chi connectivity index (χ2n) is 7.08. The van der Waals surface area contributed by atoms with Gasteiger partial charge in [-0.1, -0.05) is 50.2 Å². The highest BCUT2D eigenvalue weighted by molar-refractivity contribution is 6.18. The molecule has 0 fully saturated rings. The minimum Gasteiger partial charge on any atom is -0.537 e. The smallest absolute Gasteiger partial charge is 0.537 e. The number of hydrogen-bond acceptors (Lipinski definition) is 2. The van der Waals surface area contributed by atoms with Crippen molar-refractivity contribution in [3.8, 4) is 11.4 Å². The summed E-state index contributed by atoms with van der Waals surface area (Å²) in [5.74, 6) is 0.653. The zero-order valence-corrected chi connectivity index (χ0v) is 14.2. The van der Waals surface area contributed by atoms with Gasteiger partial charge in [-0.25, -0.2) is 0 Å². The van der Waals surface area contributed by atoms with Crippen LogP contribution in [0.25, 0.3) is 27.5 Å². The number of para-hydroxylation sites is 2. The summed E-state index contributed by atoms with van der Waals surface area (Å²) in [6.45, 7) is 4.49. The molecule has 4 aromatic rings. The molecule has 0 atom stereocenters. The first-order valence-electron chi connectivity index (χ1n) is 8.43. The molecule has 1 aromatic heterocycles. The third-order valence-electron chi connectivity index (χ3n) is 5.42. The van der Waals surface area contributed by atoms with Gasteiger partial charge in [-0.15, -0.1) is 0 Å². The zero-order chi connectivity index (χ0) is 17.2. The number of aromatic nitrogens is 1. The summed E-state index contributed by atoms with van der Waals surface area (Å²) in [5, 5.41) is 11.5. The van der Waals surface area contributed by atoms with Crippen LogP contribution in [-0.4, -0.2) is 17.3 Å². The van der Waals surface area contributed by atoms with Gasteiger partial charge in [0.05, 0.1) is 16.7 Å². The summed E-state index contributed by atoms with van der Waals surface area (Å²) in [6, 6.07) is 21.1. The van der Waals surface area contributed by atoms with Crippen molar-refractivity contribution in [3.05, 3.63) is 71.8 Å². The van der Waals surface area contributed by atoms with Crippen LogP contribution >= 0.6 is 0 Å². The van der Waals surface area contributed by atoms with E-state index in [0.717, 1.165) is 13.1 Å². The van der Waals surface area contributed by atoms with Crippen molar-refractivity contribution in [1.82, 2.24) is 4.57 Å². The Hall–Kier alpha value is -2.72. The molecule has 25 heavy (non-hydrogen) atoms. The van der Waals surface area contributed by atoms with Gasteiger partial charge < -0.3 is 14.2 Å². The van der Waals surface area contributed by atoms with Crippen molar-refractivity contribution in [3.63, 3.8) is 0 Å². The number of fused-ring (bicyclic) bond motifs is 5. The van der Waals surface area contributed by atoms with Gasteiger partial charge in [-0.3, -0.25) is 0 Å². The third-order valence-corrected chi connectivity index (χ3v) is 5.42. The van der Waals surface area contributed by atoms with Gasteiger partial charge in [0, 0.05) is 16.2 Å². The number of hydrogen-bond donors (Lipinski definition) is 1. The quantitative estimate of drug-likeness (QED) is 0.557. The molecule has 0 spiro atoms. The van der Waals surface area contributed by atoms with Crippen molar-refractivity contribution in [1.29, 1.82) is 0 Å². The molecular weight excluding hydrogens is 309 g/mol.